The van der Waals surface area contributed by atoms with Crippen molar-refractivity contribution in [1.29, 1.82) is 0 Å². The predicted octanol–water partition coefficient (Wildman–Crippen LogP) is 4.39. The summed E-state index contributed by atoms with van der Waals surface area (Å²) in [6.45, 7) is 4.77. The van der Waals surface area contributed by atoms with Crippen molar-refractivity contribution < 1.29 is 5.11 Å². The SMILES string of the molecule is CCn1c(-c2ccc(C)cc2O)nc2ccc(Cl)cc21. The molecule has 20 heavy (non-hydrogen) atoms. The number of phenols is 1. The maximum Gasteiger partial charge on any atom is 0.144 e. The zero-order valence-corrected chi connectivity index (χ0v) is 12.1. The monoisotopic (exact) mass is 286 g/mol. The molecule has 0 unspecified atom stereocenters. The fourth-order valence-corrected chi connectivity index (χ4v) is 2.62. The first-order chi connectivity index (χ1) is 9.60. The lowest BCUT2D eigenvalue weighted by atomic mass is 10.1. The lowest BCUT2D eigenvalue weighted by Crippen LogP contribution is -1.97. The number of hydrogen-bond donors (Lipinski definition) is 1. The smallest absolute Gasteiger partial charge is 0.144 e. The van der Waals surface area contributed by atoms with E-state index >= 15 is 0 Å². The van der Waals surface area contributed by atoms with E-state index in [-0.39, 0.29) is 5.75 Å². The lowest BCUT2D eigenvalue weighted by molar-refractivity contribution is 0.476. The van der Waals surface area contributed by atoms with E-state index in [0.717, 1.165) is 34.5 Å². The highest BCUT2D eigenvalue weighted by Gasteiger charge is 2.14. The summed E-state index contributed by atoms with van der Waals surface area (Å²) in [6, 6.07) is 11.3. The maximum atomic E-state index is 10.2. The third kappa shape index (κ3) is 2.04. The zero-order valence-electron chi connectivity index (χ0n) is 11.4. The molecule has 0 amide bonds. The molecule has 0 saturated carbocycles. The quantitative estimate of drug-likeness (QED) is 0.759. The number of rotatable bonds is 2. The van der Waals surface area contributed by atoms with E-state index in [4.69, 9.17) is 11.6 Å². The Balaban J connectivity index is 2.30. The number of aromatic hydroxyl groups is 1. The molecule has 2 aromatic carbocycles. The van der Waals surface area contributed by atoms with Gasteiger partial charge < -0.3 is 9.67 Å². The van der Waals surface area contributed by atoms with Gasteiger partial charge in [-0.2, -0.15) is 0 Å². The molecule has 0 spiro atoms. The molecule has 0 aliphatic heterocycles. The number of imidazole rings is 1. The van der Waals surface area contributed by atoms with Crippen molar-refractivity contribution in [3.05, 3.63) is 47.0 Å². The predicted molar refractivity (Wildman–Crippen MR) is 82.3 cm³/mol. The van der Waals surface area contributed by atoms with E-state index in [0.29, 0.717) is 5.02 Å². The molecule has 0 atom stereocenters. The van der Waals surface area contributed by atoms with Crippen molar-refractivity contribution in [3.63, 3.8) is 0 Å². The van der Waals surface area contributed by atoms with Crippen LogP contribution in [-0.4, -0.2) is 14.7 Å². The molecule has 0 bridgehead atoms. The Bertz CT molecular complexity index is 793. The number of aromatic nitrogens is 2. The van der Waals surface area contributed by atoms with Crippen LogP contribution in [0.5, 0.6) is 5.75 Å². The molecule has 3 aromatic rings. The van der Waals surface area contributed by atoms with E-state index in [1.54, 1.807) is 6.07 Å². The summed E-state index contributed by atoms with van der Waals surface area (Å²) < 4.78 is 2.06. The summed E-state index contributed by atoms with van der Waals surface area (Å²) in [5.74, 6) is 1.02. The molecule has 0 aliphatic rings. The largest absolute Gasteiger partial charge is 0.507 e. The number of phenolic OH excluding ortho intramolecular Hbond substituents is 1. The van der Waals surface area contributed by atoms with Crippen LogP contribution in [0.3, 0.4) is 0 Å². The Labute approximate surface area is 122 Å². The first-order valence-electron chi connectivity index (χ1n) is 6.56. The highest BCUT2D eigenvalue weighted by atomic mass is 35.5. The molecule has 1 heterocycles. The van der Waals surface area contributed by atoms with Crippen LogP contribution in [0.1, 0.15) is 12.5 Å². The molecule has 0 fully saturated rings. The minimum absolute atomic E-state index is 0.251. The first kappa shape index (κ1) is 13.0. The van der Waals surface area contributed by atoms with E-state index in [2.05, 4.69) is 16.5 Å². The highest BCUT2D eigenvalue weighted by Crippen LogP contribution is 2.32. The van der Waals surface area contributed by atoms with E-state index in [1.165, 1.54) is 0 Å². The van der Waals surface area contributed by atoms with Crippen LogP contribution in [0.2, 0.25) is 5.02 Å². The number of fused-ring (bicyclic) bond motifs is 1. The van der Waals surface area contributed by atoms with E-state index in [1.807, 2.05) is 37.3 Å². The van der Waals surface area contributed by atoms with Crippen LogP contribution in [0.4, 0.5) is 0 Å². The Morgan fingerprint density at radius 2 is 2.00 bits per heavy atom. The normalized spacial score (nSPS) is 11.2. The topological polar surface area (TPSA) is 38.0 Å². The average Bonchev–Trinajstić information content (AvgIpc) is 2.76. The second kappa shape index (κ2) is 4.84. The number of aryl methyl sites for hydroxylation is 2. The minimum Gasteiger partial charge on any atom is -0.507 e. The van der Waals surface area contributed by atoms with Gasteiger partial charge in [-0.15, -0.1) is 0 Å². The van der Waals surface area contributed by atoms with Crippen LogP contribution in [-0.2, 0) is 6.54 Å². The molecule has 102 valence electrons. The molecule has 3 rings (SSSR count). The van der Waals surface area contributed by atoms with Gasteiger partial charge in [0.25, 0.3) is 0 Å². The van der Waals surface area contributed by atoms with Crippen molar-refractivity contribution in [3.8, 4) is 17.1 Å². The van der Waals surface area contributed by atoms with Gasteiger partial charge in [0.1, 0.15) is 11.6 Å². The minimum atomic E-state index is 0.251. The summed E-state index contributed by atoms with van der Waals surface area (Å²) >= 11 is 6.06. The van der Waals surface area contributed by atoms with Gasteiger partial charge in [-0.25, -0.2) is 4.98 Å². The van der Waals surface area contributed by atoms with Crippen molar-refractivity contribution in [1.82, 2.24) is 9.55 Å². The van der Waals surface area contributed by atoms with Gasteiger partial charge in [0.15, 0.2) is 0 Å². The Kier molecular flexibility index (Phi) is 3.14. The Hall–Kier alpha value is -2.00. The van der Waals surface area contributed by atoms with Crippen molar-refractivity contribution in [2.75, 3.05) is 0 Å². The molecule has 0 radical (unpaired) electrons. The van der Waals surface area contributed by atoms with Crippen LogP contribution in [0, 0.1) is 6.92 Å². The van der Waals surface area contributed by atoms with Crippen LogP contribution in [0.25, 0.3) is 22.4 Å². The van der Waals surface area contributed by atoms with Crippen LogP contribution < -0.4 is 0 Å². The summed E-state index contributed by atoms with van der Waals surface area (Å²) in [7, 11) is 0. The Morgan fingerprint density at radius 1 is 1.20 bits per heavy atom. The van der Waals surface area contributed by atoms with Gasteiger partial charge >= 0.3 is 0 Å². The van der Waals surface area contributed by atoms with Crippen LogP contribution >= 0.6 is 11.6 Å². The second-order valence-electron chi connectivity index (χ2n) is 4.83. The first-order valence-corrected chi connectivity index (χ1v) is 6.93. The maximum absolute atomic E-state index is 10.2. The fourth-order valence-electron chi connectivity index (χ4n) is 2.45. The van der Waals surface area contributed by atoms with Gasteiger partial charge in [0.05, 0.1) is 16.6 Å². The number of hydrogen-bond acceptors (Lipinski definition) is 2. The Morgan fingerprint density at radius 3 is 2.70 bits per heavy atom. The summed E-state index contributed by atoms with van der Waals surface area (Å²) in [6.07, 6.45) is 0. The van der Waals surface area contributed by atoms with Crippen molar-refractivity contribution in [2.45, 2.75) is 20.4 Å². The molecule has 3 nitrogen and oxygen atoms in total. The highest BCUT2D eigenvalue weighted by molar-refractivity contribution is 6.31. The summed E-state index contributed by atoms with van der Waals surface area (Å²) in [5.41, 5.74) is 3.62. The summed E-state index contributed by atoms with van der Waals surface area (Å²) in [4.78, 5) is 4.63. The van der Waals surface area contributed by atoms with Gasteiger partial charge in [0, 0.05) is 11.6 Å². The van der Waals surface area contributed by atoms with E-state index < -0.39 is 0 Å². The zero-order chi connectivity index (χ0) is 14.3. The standard InChI is InChI=1S/C16H15ClN2O/c1-3-19-14-9-11(17)5-7-13(14)18-16(19)12-6-4-10(2)8-15(12)20/h4-9,20H,3H2,1-2H3. The van der Waals surface area contributed by atoms with Gasteiger partial charge in [0.2, 0.25) is 0 Å². The van der Waals surface area contributed by atoms with Crippen molar-refractivity contribution >= 4 is 22.6 Å². The molecule has 0 aliphatic carbocycles. The van der Waals surface area contributed by atoms with Crippen LogP contribution in [0.15, 0.2) is 36.4 Å². The molecule has 1 N–H and O–H groups in total. The van der Waals surface area contributed by atoms with Gasteiger partial charge in [-0.3, -0.25) is 0 Å². The third-order valence-corrected chi connectivity index (χ3v) is 3.66. The molecule has 1 aromatic heterocycles. The second-order valence-corrected chi connectivity index (χ2v) is 5.27. The summed E-state index contributed by atoms with van der Waals surface area (Å²) in [5, 5.41) is 10.9. The fraction of sp³-hybridized carbons (Fsp3) is 0.188. The average molecular weight is 287 g/mol. The molecular weight excluding hydrogens is 272 g/mol. The molecule has 0 saturated heterocycles. The third-order valence-electron chi connectivity index (χ3n) is 3.42. The van der Waals surface area contributed by atoms with Gasteiger partial charge in [-0.1, -0.05) is 17.7 Å². The number of benzene rings is 2. The van der Waals surface area contributed by atoms with Crippen molar-refractivity contribution in [2.24, 2.45) is 0 Å². The number of halogens is 1. The number of nitrogens with zero attached hydrogens (tertiary/aromatic N) is 2. The molecular formula is C16H15ClN2O. The molecule has 4 heteroatoms. The lowest BCUT2D eigenvalue weighted by Gasteiger charge is -2.08. The van der Waals surface area contributed by atoms with E-state index in [9.17, 15) is 5.11 Å². The van der Waals surface area contributed by atoms with Gasteiger partial charge in [-0.05, 0) is 49.7 Å².